The summed E-state index contributed by atoms with van der Waals surface area (Å²) >= 11 is 1.27. The molecule has 0 aliphatic carbocycles. The third-order valence-corrected chi connectivity index (χ3v) is 4.12. The van der Waals surface area contributed by atoms with E-state index in [1.54, 1.807) is 13.3 Å². The summed E-state index contributed by atoms with van der Waals surface area (Å²) in [5.41, 5.74) is 1.87. The van der Waals surface area contributed by atoms with Crippen molar-refractivity contribution in [3.63, 3.8) is 0 Å². The van der Waals surface area contributed by atoms with E-state index in [9.17, 15) is 4.79 Å². The molecular weight excluding hydrogens is 322 g/mol. The maximum Gasteiger partial charge on any atom is 0.264 e. The second-order valence-corrected chi connectivity index (χ2v) is 5.93. The van der Waals surface area contributed by atoms with Crippen molar-refractivity contribution in [3.8, 4) is 5.75 Å². The first-order valence-corrected chi connectivity index (χ1v) is 8.07. The summed E-state index contributed by atoms with van der Waals surface area (Å²) < 4.78 is 5.10. The average Bonchev–Trinajstić information content (AvgIpc) is 2.96. The summed E-state index contributed by atoms with van der Waals surface area (Å²) in [6.07, 6.45) is 3.45. The third-order valence-electron chi connectivity index (χ3n) is 3.22. The van der Waals surface area contributed by atoms with Crippen LogP contribution in [-0.2, 0) is 4.79 Å². The van der Waals surface area contributed by atoms with Gasteiger partial charge in [-0.1, -0.05) is 30.3 Å². The molecule has 1 fully saturated rings. The van der Waals surface area contributed by atoms with Gasteiger partial charge in [0.15, 0.2) is 5.17 Å². The molecule has 1 heterocycles. The van der Waals surface area contributed by atoms with Gasteiger partial charge in [-0.15, -0.1) is 5.10 Å². The van der Waals surface area contributed by atoms with Gasteiger partial charge in [0, 0.05) is 0 Å². The molecular formula is C18H15N3O2S. The maximum atomic E-state index is 11.9. The molecule has 1 N–H and O–H groups in total. The van der Waals surface area contributed by atoms with Crippen molar-refractivity contribution in [2.45, 2.75) is 0 Å². The molecule has 0 unspecified atom stereocenters. The normalized spacial score (nSPS) is 17.6. The number of methoxy groups -OCH3 is 1. The van der Waals surface area contributed by atoms with Gasteiger partial charge in [-0.2, -0.15) is 5.10 Å². The number of ether oxygens (including phenoxy) is 1. The number of amides is 1. The molecule has 0 radical (unpaired) electrons. The van der Waals surface area contributed by atoms with E-state index in [2.05, 4.69) is 15.5 Å². The van der Waals surface area contributed by atoms with Crippen LogP contribution in [0.15, 0.2) is 69.7 Å². The quantitative estimate of drug-likeness (QED) is 0.529. The predicted octanol–water partition coefficient (Wildman–Crippen LogP) is 3.29. The van der Waals surface area contributed by atoms with E-state index in [0.717, 1.165) is 16.9 Å². The van der Waals surface area contributed by atoms with Crippen LogP contribution < -0.4 is 10.1 Å². The fraction of sp³-hybridized carbons (Fsp3) is 0.0556. The Morgan fingerprint density at radius 2 is 1.79 bits per heavy atom. The number of carbonyl (C=O) groups excluding carboxylic acids is 1. The Hall–Kier alpha value is -2.86. The Morgan fingerprint density at radius 1 is 1.04 bits per heavy atom. The molecule has 0 aromatic heterocycles. The van der Waals surface area contributed by atoms with Gasteiger partial charge in [-0.05, 0) is 53.2 Å². The van der Waals surface area contributed by atoms with E-state index in [4.69, 9.17) is 4.74 Å². The molecule has 1 aliphatic rings. The highest BCUT2D eigenvalue weighted by Gasteiger charge is 2.23. The number of benzene rings is 2. The van der Waals surface area contributed by atoms with Crippen LogP contribution >= 0.6 is 11.8 Å². The summed E-state index contributed by atoms with van der Waals surface area (Å²) in [4.78, 5) is 12.5. The van der Waals surface area contributed by atoms with Crippen molar-refractivity contribution in [1.82, 2.24) is 5.32 Å². The molecule has 0 atom stereocenters. The Bertz CT molecular complexity index is 812. The number of hydrogen-bond acceptors (Lipinski definition) is 5. The molecule has 1 aliphatic heterocycles. The topological polar surface area (TPSA) is 63.1 Å². The largest absolute Gasteiger partial charge is 0.497 e. The van der Waals surface area contributed by atoms with Crippen LogP contribution in [0.3, 0.4) is 0 Å². The average molecular weight is 337 g/mol. The number of thioether (sulfide) groups is 1. The summed E-state index contributed by atoms with van der Waals surface area (Å²) in [7, 11) is 1.62. The van der Waals surface area contributed by atoms with Crippen molar-refractivity contribution in [3.05, 3.63) is 70.6 Å². The van der Waals surface area contributed by atoms with Crippen LogP contribution in [0.4, 0.5) is 0 Å². The first kappa shape index (κ1) is 16.0. The number of hydrogen-bond donors (Lipinski definition) is 1. The Balaban J connectivity index is 1.67. The van der Waals surface area contributed by atoms with Crippen molar-refractivity contribution in [2.75, 3.05) is 7.11 Å². The van der Waals surface area contributed by atoms with Crippen LogP contribution in [0.1, 0.15) is 11.1 Å². The lowest BCUT2D eigenvalue weighted by molar-refractivity contribution is -0.115. The van der Waals surface area contributed by atoms with Crippen LogP contribution in [0.5, 0.6) is 5.75 Å². The lowest BCUT2D eigenvalue weighted by atomic mass is 10.2. The number of carbonyl (C=O) groups is 1. The molecule has 5 nitrogen and oxygen atoms in total. The molecule has 2 aromatic carbocycles. The molecule has 1 amide bonds. The second-order valence-electron chi connectivity index (χ2n) is 4.90. The highest BCUT2D eigenvalue weighted by Crippen LogP contribution is 2.25. The Labute approximate surface area is 144 Å². The highest BCUT2D eigenvalue weighted by molar-refractivity contribution is 8.18. The Morgan fingerprint density at radius 3 is 2.50 bits per heavy atom. The van der Waals surface area contributed by atoms with Gasteiger partial charge in [0.25, 0.3) is 5.91 Å². The van der Waals surface area contributed by atoms with Gasteiger partial charge in [0.2, 0.25) is 0 Å². The minimum absolute atomic E-state index is 0.165. The Kier molecular flexibility index (Phi) is 5.08. The van der Waals surface area contributed by atoms with Gasteiger partial charge >= 0.3 is 0 Å². The van der Waals surface area contributed by atoms with E-state index in [0.29, 0.717) is 10.1 Å². The molecule has 6 heteroatoms. The van der Waals surface area contributed by atoms with Gasteiger partial charge in [0.05, 0.1) is 18.2 Å². The smallest absolute Gasteiger partial charge is 0.264 e. The zero-order chi connectivity index (χ0) is 16.8. The van der Waals surface area contributed by atoms with Crippen LogP contribution in [0.25, 0.3) is 6.08 Å². The molecule has 0 bridgehead atoms. The number of nitrogens with zero attached hydrogens (tertiary/aromatic N) is 2. The van der Waals surface area contributed by atoms with E-state index in [1.165, 1.54) is 11.8 Å². The minimum Gasteiger partial charge on any atom is -0.497 e. The van der Waals surface area contributed by atoms with Crippen molar-refractivity contribution < 1.29 is 9.53 Å². The lowest BCUT2D eigenvalue weighted by Gasteiger charge is -1.97. The van der Waals surface area contributed by atoms with Crippen molar-refractivity contribution in [1.29, 1.82) is 0 Å². The van der Waals surface area contributed by atoms with Gasteiger partial charge in [-0.3, -0.25) is 10.1 Å². The summed E-state index contributed by atoms with van der Waals surface area (Å²) in [5.74, 6) is 0.620. The van der Waals surface area contributed by atoms with Gasteiger partial charge in [0.1, 0.15) is 5.75 Å². The minimum atomic E-state index is -0.165. The fourth-order valence-corrected chi connectivity index (χ4v) is 2.79. The SMILES string of the molecule is COc1ccc(C=NN=C2NC(=O)C(=Cc3ccccc3)S2)cc1. The maximum absolute atomic E-state index is 11.9. The monoisotopic (exact) mass is 337 g/mol. The van der Waals surface area contributed by atoms with Crippen LogP contribution in [-0.4, -0.2) is 24.4 Å². The molecule has 120 valence electrons. The zero-order valence-corrected chi connectivity index (χ0v) is 13.8. The summed E-state index contributed by atoms with van der Waals surface area (Å²) in [6.45, 7) is 0. The number of amidine groups is 1. The van der Waals surface area contributed by atoms with E-state index in [1.807, 2.05) is 60.7 Å². The molecule has 3 rings (SSSR count). The molecule has 0 spiro atoms. The molecule has 0 saturated carbocycles. The summed E-state index contributed by atoms with van der Waals surface area (Å²) in [5, 5.41) is 11.2. The van der Waals surface area contributed by atoms with Crippen LogP contribution in [0.2, 0.25) is 0 Å². The molecule has 1 saturated heterocycles. The number of nitrogens with one attached hydrogen (secondary N) is 1. The van der Waals surface area contributed by atoms with E-state index < -0.39 is 0 Å². The van der Waals surface area contributed by atoms with Crippen molar-refractivity contribution in [2.24, 2.45) is 10.2 Å². The molecule has 2 aromatic rings. The first-order chi connectivity index (χ1) is 11.7. The second kappa shape index (κ2) is 7.61. The van der Waals surface area contributed by atoms with Gasteiger partial charge in [-0.25, -0.2) is 0 Å². The fourth-order valence-electron chi connectivity index (χ4n) is 2.01. The number of rotatable bonds is 4. The summed E-state index contributed by atoms with van der Waals surface area (Å²) in [6, 6.07) is 17.1. The van der Waals surface area contributed by atoms with E-state index in [-0.39, 0.29) is 5.91 Å². The van der Waals surface area contributed by atoms with Crippen LogP contribution in [0, 0.1) is 0 Å². The predicted molar refractivity (Wildman–Crippen MR) is 98.2 cm³/mol. The zero-order valence-electron chi connectivity index (χ0n) is 13.0. The first-order valence-electron chi connectivity index (χ1n) is 7.25. The van der Waals surface area contributed by atoms with Crippen molar-refractivity contribution >= 4 is 35.1 Å². The van der Waals surface area contributed by atoms with E-state index >= 15 is 0 Å². The highest BCUT2D eigenvalue weighted by atomic mass is 32.2. The van der Waals surface area contributed by atoms with Gasteiger partial charge < -0.3 is 4.74 Å². The third kappa shape index (κ3) is 4.11. The standard InChI is InChI=1S/C18H15N3O2S/c1-23-15-9-7-14(8-10-15)12-19-21-18-20-17(22)16(24-18)11-13-5-3-2-4-6-13/h2-12H,1H3,(H,20,21,22). The lowest BCUT2D eigenvalue weighted by Crippen LogP contribution is -2.19. The molecule has 24 heavy (non-hydrogen) atoms.